The van der Waals surface area contributed by atoms with Crippen LogP contribution in [0.15, 0.2) is 41.1 Å². The van der Waals surface area contributed by atoms with Crippen LogP contribution in [0.2, 0.25) is 0 Å². The summed E-state index contributed by atoms with van der Waals surface area (Å²) in [6.45, 7) is 3.85. The predicted octanol–water partition coefficient (Wildman–Crippen LogP) is 3.38. The highest BCUT2D eigenvalue weighted by molar-refractivity contribution is 6.02. The van der Waals surface area contributed by atoms with Crippen LogP contribution < -0.4 is 0 Å². The Morgan fingerprint density at radius 1 is 1.29 bits per heavy atom. The second kappa shape index (κ2) is 5.01. The molecule has 1 atom stereocenters. The average molecular weight is 282 g/mol. The van der Waals surface area contributed by atoms with Crippen LogP contribution >= 0.6 is 0 Å². The second-order valence-electron chi connectivity index (χ2n) is 5.02. The standard InChI is InChI=1S/C16H14N2O3/c1-9-7-15(18-21-9)10(2)11-3-4-14-13(8-11)12(16(19)20)5-6-17-14/h3-8,10H,1-2H3,(H,19,20). The van der Waals surface area contributed by atoms with Crippen molar-refractivity contribution in [2.75, 3.05) is 0 Å². The summed E-state index contributed by atoms with van der Waals surface area (Å²) in [4.78, 5) is 15.5. The second-order valence-corrected chi connectivity index (χ2v) is 5.02. The summed E-state index contributed by atoms with van der Waals surface area (Å²) < 4.78 is 5.10. The Kier molecular flexibility index (Phi) is 3.17. The van der Waals surface area contributed by atoms with Crippen molar-refractivity contribution in [3.05, 3.63) is 59.1 Å². The molecule has 1 N–H and O–H groups in total. The maximum absolute atomic E-state index is 11.3. The third kappa shape index (κ3) is 2.38. The maximum atomic E-state index is 11.3. The summed E-state index contributed by atoms with van der Waals surface area (Å²) in [6, 6.07) is 9.03. The molecule has 2 heterocycles. The highest BCUT2D eigenvalue weighted by atomic mass is 16.5. The molecular weight excluding hydrogens is 268 g/mol. The molecule has 0 bridgehead atoms. The molecule has 2 aromatic heterocycles. The van der Waals surface area contributed by atoms with E-state index in [-0.39, 0.29) is 11.5 Å². The van der Waals surface area contributed by atoms with E-state index in [0.29, 0.717) is 10.9 Å². The van der Waals surface area contributed by atoms with Crippen molar-refractivity contribution in [2.45, 2.75) is 19.8 Å². The Morgan fingerprint density at radius 2 is 2.10 bits per heavy atom. The molecule has 0 spiro atoms. The lowest BCUT2D eigenvalue weighted by Gasteiger charge is -2.10. The van der Waals surface area contributed by atoms with Crippen LogP contribution in [-0.4, -0.2) is 21.2 Å². The third-order valence-electron chi connectivity index (χ3n) is 3.59. The van der Waals surface area contributed by atoms with Gasteiger partial charge in [-0.1, -0.05) is 18.1 Å². The number of nitrogens with zero attached hydrogens (tertiary/aromatic N) is 2. The number of aromatic nitrogens is 2. The fourth-order valence-electron chi connectivity index (χ4n) is 2.38. The normalized spacial score (nSPS) is 12.5. The number of carbonyl (C=O) groups is 1. The highest BCUT2D eigenvalue weighted by Crippen LogP contribution is 2.27. The van der Waals surface area contributed by atoms with Crippen LogP contribution in [0.25, 0.3) is 10.9 Å². The van der Waals surface area contributed by atoms with Gasteiger partial charge in [-0.3, -0.25) is 4.98 Å². The lowest BCUT2D eigenvalue weighted by atomic mass is 9.95. The van der Waals surface area contributed by atoms with Gasteiger partial charge in [-0.05, 0) is 30.7 Å². The van der Waals surface area contributed by atoms with Gasteiger partial charge in [0.15, 0.2) is 0 Å². The summed E-state index contributed by atoms with van der Waals surface area (Å²) in [5.41, 5.74) is 2.73. The molecule has 21 heavy (non-hydrogen) atoms. The highest BCUT2D eigenvalue weighted by Gasteiger charge is 2.15. The molecule has 0 amide bonds. The molecule has 0 aliphatic rings. The van der Waals surface area contributed by atoms with Crippen molar-refractivity contribution in [1.82, 2.24) is 10.1 Å². The van der Waals surface area contributed by atoms with E-state index >= 15 is 0 Å². The SMILES string of the molecule is Cc1cc(C(C)c2ccc3nccc(C(=O)O)c3c2)no1. The maximum Gasteiger partial charge on any atom is 0.336 e. The van der Waals surface area contributed by atoms with E-state index in [1.54, 1.807) is 0 Å². The molecule has 1 unspecified atom stereocenters. The Bertz CT molecular complexity index is 823. The number of pyridine rings is 1. The van der Waals surface area contributed by atoms with Gasteiger partial charge in [-0.25, -0.2) is 4.79 Å². The number of aromatic carboxylic acids is 1. The molecule has 0 saturated heterocycles. The summed E-state index contributed by atoms with van der Waals surface area (Å²) in [5.74, 6) is -0.177. The molecule has 3 rings (SSSR count). The first-order valence-electron chi connectivity index (χ1n) is 6.61. The Labute approximate surface area is 121 Å². The Hall–Kier alpha value is -2.69. The van der Waals surface area contributed by atoms with Crippen LogP contribution in [0, 0.1) is 6.92 Å². The van der Waals surface area contributed by atoms with Gasteiger partial charge < -0.3 is 9.63 Å². The fourth-order valence-corrected chi connectivity index (χ4v) is 2.38. The summed E-state index contributed by atoms with van der Waals surface area (Å²) in [5, 5.41) is 13.9. The zero-order valence-electron chi connectivity index (χ0n) is 11.7. The first-order valence-corrected chi connectivity index (χ1v) is 6.61. The molecule has 1 aromatic carbocycles. The van der Waals surface area contributed by atoms with Crippen molar-refractivity contribution in [1.29, 1.82) is 0 Å². The molecule has 5 nitrogen and oxygen atoms in total. The van der Waals surface area contributed by atoms with Gasteiger partial charge in [-0.15, -0.1) is 0 Å². The lowest BCUT2D eigenvalue weighted by Crippen LogP contribution is -2.01. The van der Waals surface area contributed by atoms with Crippen molar-refractivity contribution in [2.24, 2.45) is 0 Å². The van der Waals surface area contributed by atoms with Gasteiger partial charge in [0.05, 0.1) is 16.8 Å². The molecule has 106 valence electrons. The van der Waals surface area contributed by atoms with E-state index in [0.717, 1.165) is 17.0 Å². The zero-order chi connectivity index (χ0) is 15.0. The fraction of sp³-hybridized carbons (Fsp3) is 0.188. The molecule has 0 aliphatic heterocycles. The van der Waals surface area contributed by atoms with Crippen molar-refractivity contribution in [3.8, 4) is 0 Å². The summed E-state index contributed by atoms with van der Waals surface area (Å²) in [7, 11) is 0. The molecule has 0 radical (unpaired) electrons. The lowest BCUT2D eigenvalue weighted by molar-refractivity contribution is 0.0699. The molecular formula is C16H14N2O3. The number of hydrogen-bond acceptors (Lipinski definition) is 4. The minimum atomic E-state index is -0.954. The third-order valence-corrected chi connectivity index (χ3v) is 3.59. The number of hydrogen-bond donors (Lipinski definition) is 1. The van der Waals surface area contributed by atoms with Gasteiger partial charge in [0.2, 0.25) is 0 Å². The van der Waals surface area contributed by atoms with Crippen molar-refractivity contribution >= 4 is 16.9 Å². The van der Waals surface area contributed by atoms with E-state index in [2.05, 4.69) is 10.1 Å². The number of carboxylic acids is 1. The molecule has 5 heteroatoms. The van der Waals surface area contributed by atoms with Gasteiger partial charge in [0, 0.05) is 23.6 Å². The van der Waals surface area contributed by atoms with Crippen LogP contribution in [0.3, 0.4) is 0 Å². The van der Waals surface area contributed by atoms with Gasteiger partial charge >= 0.3 is 5.97 Å². The quantitative estimate of drug-likeness (QED) is 0.797. The molecule has 0 fully saturated rings. The smallest absolute Gasteiger partial charge is 0.336 e. The van der Waals surface area contributed by atoms with Crippen LogP contribution in [-0.2, 0) is 0 Å². The van der Waals surface area contributed by atoms with E-state index in [1.165, 1.54) is 12.3 Å². The molecule has 3 aromatic rings. The minimum absolute atomic E-state index is 0.0219. The number of fused-ring (bicyclic) bond motifs is 1. The van der Waals surface area contributed by atoms with Gasteiger partial charge in [0.1, 0.15) is 5.76 Å². The zero-order valence-corrected chi connectivity index (χ0v) is 11.7. The number of aryl methyl sites for hydroxylation is 1. The number of carboxylic acid groups (broad SMARTS) is 1. The van der Waals surface area contributed by atoms with Crippen LogP contribution in [0.5, 0.6) is 0 Å². The van der Waals surface area contributed by atoms with E-state index in [1.807, 2.05) is 38.1 Å². The van der Waals surface area contributed by atoms with Crippen LogP contribution in [0.1, 0.15) is 40.2 Å². The molecule has 0 saturated carbocycles. The first kappa shape index (κ1) is 13.3. The van der Waals surface area contributed by atoms with Crippen LogP contribution in [0.4, 0.5) is 0 Å². The van der Waals surface area contributed by atoms with Crippen molar-refractivity contribution < 1.29 is 14.4 Å². The number of benzene rings is 1. The van der Waals surface area contributed by atoms with Gasteiger partial charge in [-0.2, -0.15) is 0 Å². The molecule has 0 aliphatic carbocycles. The van der Waals surface area contributed by atoms with E-state index in [4.69, 9.17) is 4.52 Å². The minimum Gasteiger partial charge on any atom is -0.478 e. The van der Waals surface area contributed by atoms with E-state index < -0.39 is 5.97 Å². The average Bonchev–Trinajstić information content (AvgIpc) is 2.91. The first-order chi connectivity index (χ1) is 10.1. The monoisotopic (exact) mass is 282 g/mol. The Balaban J connectivity index is 2.12. The van der Waals surface area contributed by atoms with Gasteiger partial charge in [0.25, 0.3) is 0 Å². The Morgan fingerprint density at radius 3 is 2.76 bits per heavy atom. The summed E-state index contributed by atoms with van der Waals surface area (Å²) in [6.07, 6.45) is 1.51. The van der Waals surface area contributed by atoms with E-state index in [9.17, 15) is 9.90 Å². The topological polar surface area (TPSA) is 76.2 Å². The predicted molar refractivity (Wildman–Crippen MR) is 77.5 cm³/mol. The number of rotatable bonds is 3. The van der Waals surface area contributed by atoms with Crippen molar-refractivity contribution in [3.63, 3.8) is 0 Å². The largest absolute Gasteiger partial charge is 0.478 e. The summed E-state index contributed by atoms with van der Waals surface area (Å²) >= 11 is 0.